The number of hydrogen-bond acceptors (Lipinski definition) is 5. The number of alkyl halides is 1. The number of halogens is 1. The van der Waals surface area contributed by atoms with Crippen molar-refractivity contribution >= 4 is 17.3 Å². The first kappa shape index (κ1) is 11.7. The van der Waals surface area contributed by atoms with Crippen molar-refractivity contribution in [1.82, 2.24) is 0 Å². The SMILES string of the molecule is COc1ccc(C(O)(O)Cl)c([N+](=O)[O-])c1. The molecule has 0 aliphatic rings. The van der Waals surface area contributed by atoms with E-state index < -0.39 is 21.4 Å². The van der Waals surface area contributed by atoms with Gasteiger partial charge in [0.25, 0.3) is 10.9 Å². The van der Waals surface area contributed by atoms with E-state index in [1.54, 1.807) is 0 Å². The van der Waals surface area contributed by atoms with Gasteiger partial charge in [0.15, 0.2) is 0 Å². The van der Waals surface area contributed by atoms with Crippen LogP contribution in [0.5, 0.6) is 5.75 Å². The highest BCUT2D eigenvalue weighted by atomic mass is 35.5. The average Bonchev–Trinajstić information content (AvgIpc) is 2.15. The Balaban J connectivity index is 3.34. The third-order valence-electron chi connectivity index (χ3n) is 1.74. The molecule has 0 unspecified atom stereocenters. The highest BCUT2D eigenvalue weighted by Gasteiger charge is 2.31. The molecule has 7 heteroatoms. The molecule has 0 amide bonds. The van der Waals surface area contributed by atoms with Crippen molar-refractivity contribution < 1.29 is 19.9 Å². The molecule has 1 rings (SSSR count). The second-order valence-corrected chi connectivity index (χ2v) is 3.25. The summed E-state index contributed by atoms with van der Waals surface area (Å²) in [4.78, 5) is 9.83. The van der Waals surface area contributed by atoms with Crippen LogP contribution >= 0.6 is 11.6 Å². The number of hydrogen-bond donors (Lipinski definition) is 2. The van der Waals surface area contributed by atoms with Crippen molar-refractivity contribution in [2.24, 2.45) is 0 Å². The molecule has 0 radical (unpaired) electrons. The van der Waals surface area contributed by atoms with Gasteiger partial charge < -0.3 is 14.9 Å². The minimum atomic E-state index is -2.77. The topological polar surface area (TPSA) is 92.8 Å². The van der Waals surface area contributed by atoms with E-state index in [4.69, 9.17) is 26.6 Å². The highest BCUT2D eigenvalue weighted by molar-refractivity contribution is 6.21. The zero-order valence-electron chi connectivity index (χ0n) is 7.68. The Morgan fingerprint density at radius 3 is 2.53 bits per heavy atom. The third-order valence-corrected chi connectivity index (χ3v) is 1.95. The molecule has 2 N–H and O–H groups in total. The number of benzene rings is 1. The minimum Gasteiger partial charge on any atom is -0.497 e. The van der Waals surface area contributed by atoms with Gasteiger partial charge in [-0.05, 0) is 12.1 Å². The summed E-state index contributed by atoms with van der Waals surface area (Å²) in [5.74, 6) is 0.228. The van der Waals surface area contributed by atoms with E-state index in [0.29, 0.717) is 0 Å². The van der Waals surface area contributed by atoms with Gasteiger partial charge in [0.05, 0.1) is 18.1 Å². The number of nitrogens with zero attached hydrogens (tertiary/aromatic N) is 1. The van der Waals surface area contributed by atoms with Crippen LogP contribution in [0.2, 0.25) is 0 Å². The van der Waals surface area contributed by atoms with E-state index >= 15 is 0 Å². The Morgan fingerprint density at radius 1 is 1.53 bits per heavy atom. The van der Waals surface area contributed by atoms with E-state index in [1.807, 2.05) is 0 Å². The number of ether oxygens (including phenoxy) is 1. The molecule has 1 aromatic rings. The molecule has 0 bridgehead atoms. The van der Waals surface area contributed by atoms with Crippen molar-refractivity contribution in [2.45, 2.75) is 5.25 Å². The van der Waals surface area contributed by atoms with Crippen LogP contribution in [0.3, 0.4) is 0 Å². The van der Waals surface area contributed by atoms with E-state index in [1.165, 1.54) is 13.2 Å². The highest BCUT2D eigenvalue weighted by Crippen LogP contribution is 2.33. The molecule has 0 heterocycles. The molecular formula is C8H8ClNO5. The molecular weight excluding hydrogens is 226 g/mol. The molecule has 0 fully saturated rings. The van der Waals surface area contributed by atoms with Crippen LogP contribution in [0.25, 0.3) is 0 Å². The summed E-state index contributed by atoms with van der Waals surface area (Å²) in [5, 5.41) is 26.0. The predicted molar refractivity (Wildman–Crippen MR) is 51.6 cm³/mol. The van der Waals surface area contributed by atoms with Crippen LogP contribution in [-0.2, 0) is 5.25 Å². The Bertz CT molecular complexity index is 387. The van der Waals surface area contributed by atoms with Gasteiger partial charge in [-0.2, -0.15) is 0 Å². The molecule has 15 heavy (non-hydrogen) atoms. The van der Waals surface area contributed by atoms with Gasteiger partial charge in [0.1, 0.15) is 11.3 Å². The van der Waals surface area contributed by atoms with Crippen LogP contribution in [0.1, 0.15) is 5.56 Å². The summed E-state index contributed by atoms with van der Waals surface area (Å²) in [7, 11) is 1.34. The van der Waals surface area contributed by atoms with E-state index in [-0.39, 0.29) is 5.75 Å². The van der Waals surface area contributed by atoms with Crippen LogP contribution in [0.4, 0.5) is 5.69 Å². The lowest BCUT2D eigenvalue weighted by molar-refractivity contribution is -0.387. The molecule has 1 aromatic carbocycles. The lowest BCUT2D eigenvalue weighted by Crippen LogP contribution is -2.18. The first-order chi connectivity index (χ1) is 6.86. The van der Waals surface area contributed by atoms with Gasteiger partial charge in [-0.15, -0.1) is 0 Å². The minimum absolute atomic E-state index is 0.228. The smallest absolute Gasteiger partial charge is 0.283 e. The van der Waals surface area contributed by atoms with Crippen molar-refractivity contribution in [3.63, 3.8) is 0 Å². The van der Waals surface area contributed by atoms with Crippen LogP contribution in [0.15, 0.2) is 18.2 Å². The van der Waals surface area contributed by atoms with Gasteiger partial charge >= 0.3 is 0 Å². The largest absolute Gasteiger partial charge is 0.497 e. The van der Waals surface area contributed by atoms with Gasteiger partial charge in [0, 0.05) is 0 Å². The van der Waals surface area contributed by atoms with Crippen molar-refractivity contribution in [1.29, 1.82) is 0 Å². The monoisotopic (exact) mass is 233 g/mol. The normalized spacial score (nSPS) is 11.2. The standard InChI is InChI=1S/C8H8ClNO5/c1-15-5-2-3-6(8(9,11)12)7(4-5)10(13)14/h2-4,11-12H,1H3. The summed E-state index contributed by atoms with van der Waals surface area (Å²) in [6.45, 7) is 0. The van der Waals surface area contributed by atoms with Gasteiger partial charge in [0.2, 0.25) is 0 Å². The Hall–Kier alpha value is -1.37. The van der Waals surface area contributed by atoms with Gasteiger partial charge in [-0.1, -0.05) is 11.6 Å². The molecule has 0 aliphatic carbocycles. The number of aliphatic hydroxyl groups is 2. The average molecular weight is 234 g/mol. The molecule has 6 nitrogen and oxygen atoms in total. The third kappa shape index (κ3) is 2.56. The number of methoxy groups -OCH3 is 1. The molecule has 0 aromatic heterocycles. The number of rotatable bonds is 3. The van der Waals surface area contributed by atoms with Crippen LogP contribution in [-0.4, -0.2) is 22.2 Å². The first-order valence-electron chi connectivity index (χ1n) is 3.83. The Morgan fingerprint density at radius 2 is 2.13 bits per heavy atom. The second kappa shape index (κ2) is 4.01. The maximum atomic E-state index is 10.6. The summed E-state index contributed by atoms with van der Waals surface area (Å²) in [5.41, 5.74) is -0.927. The predicted octanol–water partition coefficient (Wildman–Crippen LogP) is 0.937. The summed E-state index contributed by atoms with van der Waals surface area (Å²) >= 11 is 5.17. The fourth-order valence-corrected chi connectivity index (χ4v) is 1.22. The van der Waals surface area contributed by atoms with Gasteiger partial charge in [-0.3, -0.25) is 10.1 Å². The Kier molecular flexibility index (Phi) is 3.13. The Labute approximate surface area is 89.8 Å². The van der Waals surface area contributed by atoms with Crippen molar-refractivity contribution in [3.8, 4) is 5.75 Å². The first-order valence-corrected chi connectivity index (χ1v) is 4.20. The van der Waals surface area contributed by atoms with Crippen LogP contribution < -0.4 is 4.74 Å². The molecule has 0 saturated carbocycles. The van der Waals surface area contributed by atoms with E-state index in [0.717, 1.165) is 12.1 Å². The zero-order chi connectivity index (χ0) is 11.6. The molecule has 0 spiro atoms. The molecule has 82 valence electrons. The number of nitro benzene ring substituents is 1. The van der Waals surface area contributed by atoms with Crippen LogP contribution in [0, 0.1) is 10.1 Å². The summed E-state index contributed by atoms with van der Waals surface area (Å²) < 4.78 is 4.76. The molecule has 0 atom stereocenters. The molecule has 0 aliphatic heterocycles. The molecule has 0 saturated heterocycles. The van der Waals surface area contributed by atoms with E-state index in [2.05, 4.69) is 0 Å². The fraction of sp³-hybridized carbons (Fsp3) is 0.250. The quantitative estimate of drug-likeness (QED) is 0.351. The van der Waals surface area contributed by atoms with Gasteiger partial charge in [-0.25, -0.2) is 0 Å². The maximum Gasteiger partial charge on any atom is 0.283 e. The fourth-order valence-electron chi connectivity index (χ4n) is 1.06. The summed E-state index contributed by atoms with van der Waals surface area (Å²) in [6, 6.07) is 3.51. The second-order valence-electron chi connectivity index (χ2n) is 2.73. The summed E-state index contributed by atoms with van der Waals surface area (Å²) in [6.07, 6.45) is 0. The van der Waals surface area contributed by atoms with E-state index in [9.17, 15) is 10.1 Å². The lowest BCUT2D eigenvalue weighted by atomic mass is 10.1. The number of nitro groups is 1. The maximum absolute atomic E-state index is 10.6. The lowest BCUT2D eigenvalue weighted by Gasteiger charge is -2.13. The zero-order valence-corrected chi connectivity index (χ0v) is 8.43. The van der Waals surface area contributed by atoms with Crippen molar-refractivity contribution in [2.75, 3.05) is 7.11 Å². The van der Waals surface area contributed by atoms with Crippen molar-refractivity contribution in [3.05, 3.63) is 33.9 Å².